The van der Waals surface area contributed by atoms with Crippen molar-refractivity contribution in [2.24, 2.45) is 0 Å². The van der Waals surface area contributed by atoms with E-state index >= 15 is 0 Å². The number of amides is 2. The highest BCUT2D eigenvalue weighted by Gasteiger charge is 2.18. The van der Waals surface area contributed by atoms with Gasteiger partial charge in [-0.2, -0.15) is 0 Å². The molecule has 2 aromatic carbocycles. The first-order chi connectivity index (χ1) is 11.8. The van der Waals surface area contributed by atoms with Crippen molar-refractivity contribution in [3.8, 4) is 11.5 Å². The van der Waals surface area contributed by atoms with E-state index in [4.69, 9.17) is 0 Å². The predicted octanol–water partition coefficient (Wildman–Crippen LogP) is 1.67. The van der Waals surface area contributed by atoms with Gasteiger partial charge in [-0.05, 0) is 24.3 Å². The molecular weight excluding hydrogens is 341 g/mol. The van der Waals surface area contributed by atoms with Gasteiger partial charge in [0.05, 0.1) is 5.56 Å². The summed E-state index contributed by atoms with van der Waals surface area (Å²) in [6.07, 6.45) is 0. The smallest absolute Gasteiger partial charge is 0.254 e. The van der Waals surface area contributed by atoms with Crippen LogP contribution in [0.25, 0.3) is 0 Å². The van der Waals surface area contributed by atoms with Gasteiger partial charge in [-0.25, -0.2) is 13.2 Å². The molecule has 0 aromatic heterocycles. The zero-order valence-electron chi connectivity index (χ0n) is 12.6. The number of benzene rings is 2. The summed E-state index contributed by atoms with van der Waals surface area (Å²) in [5.41, 5.74) is -0.668. The summed E-state index contributed by atoms with van der Waals surface area (Å²) in [5, 5.41) is 23.2. The van der Waals surface area contributed by atoms with E-state index in [0.29, 0.717) is 6.07 Å². The minimum atomic E-state index is -1.75. The Morgan fingerprint density at radius 3 is 2.00 bits per heavy atom. The number of phenols is 2. The second-order valence-electron chi connectivity index (χ2n) is 4.97. The third-order valence-corrected chi connectivity index (χ3v) is 3.14. The van der Waals surface area contributed by atoms with Gasteiger partial charge < -0.3 is 20.8 Å². The molecule has 2 amide bonds. The number of halogens is 3. The van der Waals surface area contributed by atoms with Crippen molar-refractivity contribution in [1.82, 2.24) is 10.6 Å². The molecule has 2 rings (SSSR count). The molecule has 0 aliphatic rings. The second-order valence-corrected chi connectivity index (χ2v) is 4.97. The quantitative estimate of drug-likeness (QED) is 0.485. The summed E-state index contributed by atoms with van der Waals surface area (Å²) < 4.78 is 39.3. The van der Waals surface area contributed by atoms with Gasteiger partial charge >= 0.3 is 0 Å². The van der Waals surface area contributed by atoms with E-state index in [0.717, 1.165) is 24.3 Å². The summed E-state index contributed by atoms with van der Waals surface area (Å²) >= 11 is 0. The number of aromatic hydroxyl groups is 2. The molecule has 0 saturated carbocycles. The third-order valence-electron chi connectivity index (χ3n) is 3.14. The molecule has 0 aliphatic heterocycles. The fraction of sp³-hybridized carbons (Fsp3) is 0.125. The highest BCUT2D eigenvalue weighted by atomic mass is 19.2. The topological polar surface area (TPSA) is 98.7 Å². The zero-order valence-corrected chi connectivity index (χ0v) is 12.6. The largest absolute Gasteiger partial charge is 0.508 e. The van der Waals surface area contributed by atoms with E-state index in [1.165, 1.54) is 0 Å². The zero-order chi connectivity index (χ0) is 18.6. The molecule has 0 saturated heterocycles. The Kier molecular flexibility index (Phi) is 5.48. The van der Waals surface area contributed by atoms with Crippen molar-refractivity contribution in [3.05, 3.63) is 58.9 Å². The predicted molar refractivity (Wildman–Crippen MR) is 80.8 cm³/mol. The van der Waals surface area contributed by atoms with Crippen molar-refractivity contribution >= 4 is 11.8 Å². The van der Waals surface area contributed by atoms with Gasteiger partial charge in [0.2, 0.25) is 0 Å². The van der Waals surface area contributed by atoms with Crippen molar-refractivity contribution in [2.45, 2.75) is 0 Å². The lowest BCUT2D eigenvalue weighted by Crippen LogP contribution is -2.35. The maximum absolute atomic E-state index is 13.5. The van der Waals surface area contributed by atoms with Gasteiger partial charge in [-0.15, -0.1) is 0 Å². The van der Waals surface area contributed by atoms with Gasteiger partial charge in [-0.1, -0.05) is 0 Å². The van der Waals surface area contributed by atoms with Crippen molar-refractivity contribution < 1.29 is 33.0 Å². The van der Waals surface area contributed by atoms with Crippen LogP contribution in [0.15, 0.2) is 30.3 Å². The maximum atomic E-state index is 13.5. The minimum Gasteiger partial charge on any atom is -0.508 e. The van der Waals surface area contributed by atoms with Crippen LogP contribution in [0.1, 0.15) is 20.7 Å². The number of carbonyl (C=O) groups excluding carboxylic acids is 2. The Labute approximate surface area is 139 Å². The van der Waals surface area contributed by atoms with Crippen LogP contribution >= 0.6 is 0 Å². The Morgan fingerprint density at radius 2 is 1.40 bits per heavy atom. The van der Waals surface area contributed by atoms with E-state index in [9.17, 15) is 33.0 Å². The van der Waals surface area contributed by atoms with Crippen LogP contribution in [0, 0.1) is 17.5 Å². The van der Waals surface area contributed by atoms with Crippen LogP contribution in [-0.4, -0.2) is 35.1 Å². The van der Waals surface area contributed by atoms with Gasteiger partial charge in [0, 0.05) is 24.7 Å². The summed E-state index contributed by atoms with van der Waals surface area (Å²) in [4.78, 5) is 23.5. The summed E-state index contributed by atoms with van der Waals surface area (Å²) in [7, 11) is 0. The molecule has 0 spiro atoms. The van der Waals surface area contributed by atoms with E-state index in [1.54, 1.807) is 0 Å². The van der Waals surface area contributed by atoms with Crippen molar-refractivity contribution in [1.29, 1.82) is 0 Å². The molecule has 25 heavy (non-hydrogen) atoms. The van der Waals surface area contributed by atoms with E-state index in [1.807, 2.05) is 0 Å². The number of hydrogen-bond donors (Lipinski definition) is 4. The van der Waals surface area contributed by atoms with Gasteiger partial charge in [0.15, 0.2) is 17.5 Å². The van der Waals surface area contributed by atoms with Crippen LogP contribution in [-0.2, 0) is 0 Å². The molecule has 0 bridgehead atoms. The molecule has 0 fully saturated rings. The molecular formula is C16H13F3N2O4. The SMILES string of the molecule is O=C(NCCNC(=O)c1ccc(F)c(F)c1F)c1cc(O)cc(O)c1. The van der Waals surface area contributed by atoms with Crippen molar-refractivity contribution in [3.63, 3.8) is 0 Å². The lowest BCUT2D eigenvalue weighted by molar-refractivity contribution is 0.0924. The molecule has 132 valence electrons. The summed E-state index contributed by atoms with van der Waals surface area (Å²) in [6, 6.07) is 4.74. The Bertz CT molecular complexity index is 807. The molecule has 0 radical (unpaired) electrons. The van der Waals surface area contributed by atoms with Gasteiger partial charge in [0.25, 0.3) is 11.8 Å². The first-order valence-corrected chi connectivity index (χ1v) is 7.02. The molecule has 4 N–H and O–H groups in total. The highest BCUT2D eigenvalue weighted by molar-refractivity contribution is 5.95. The third kappa shape index (κ3) is 4.40. The van der Waals surface area contributed by atoms with E-state index in [2.05, 4.69) is 10.6 Å². The van der Waals surface area contributed by atoms with Crippen molar-refractivity contribution in [2.75, 3.05) is 13.1 Å². The van der Waals surface area contributed by atoms with E-state index in [-0.39, 0.29) is 30.2 Å². The molecule has 0 unspecified atom stereocenters. The standard InChI is InChI=1S/C16H13F3N2O4/c17-12-2-1-11(13(18)14(12)19)16(25)21-4-3-20-15(24)8-5-9(22)7-10(23)6-8/h1-2,5-7,22-23H,3-4H2,(H,20,24)(H,21,25). The Hall–Kier alpha value is -3.23. The lowest BCUT2D eigenvalue weighted by Gasteiger charge is -2.09. The average molecular weight is 354 g/mol. The first kappa shape index (κ1) is 18.1. The summed E-state index contributed by atoms with van der Waals surface area (Å²) in [6.45, 7) is -0.180. The minimum absolute atomic E-state index is 0.00419. The Balaban J connectivity index is 1.88. The second kappa shape index (κ2) is 7.56. The maximum Gasteiger partial charge on any atom is 0.254 e. The summed E-state index contributed by atoms with van der Waals surface area (Å²) in [5.74, 6) is -6.95. The van der Waals surface area contributed by atoms with Crippen LogP contribution in [0.5, 0.6) is 11.5 Å². The number of hydrogen-bond acceptors (Lipinski definition) is 4. The number of nitrogens with one attached hydrogen (secondary N) is 2. The highest BCUT2D eigenvalue weighted by Crippen LogP contribution is 2.20. The van der Waals surface area contributed by atoms with Crippen LogP contribution in [0.4, 0.5) is 13.2 Å². The Morgan fingerprint density at radius 1 is 0.840 bits per heavy atom. The molecule has 0 aliphatic carbocycles. The molecule has 2 aromatic rings. The van der Waals surface area contributed by atoms with Crippen LogP contribution in [0.3, 0.4) is 0 Å². The lowest BCUT2D eigenvalue weighted by atomic mass is 10.2. The molecule has 0 atom stereocenters. The number of phenolic OH excluding ortho intramolecular Hbond substituents is 2. The average Bonchev–Trinajstić information content (AvgIpc) is 2.55. The monoisotopic (exact) mass is 354 g/mol. The molecule has 6 nitrogen and oxygen atoms in total. The molecule has 9 heteroatoms. The first-order valence-electron chi connectivity index (χ1n) is 7.02. The van der Waals surface area contributed by atoms with Gasteiger partial charge in [-0.3, -0.25) is 9.59 Å². The molecule has 0 heterocycles. The fourth-order valence-electron chi connectivity index (χ4n) is 1.98. The van der Waals surface area contributed by atoms with Crippen LogP contribution in [0.2, 0.25) is 0 Å². The van der Waals surface area contributed by atoms with Crippen LogP contribution < -0.4 is 10.6 Å². The van der Waals surface area contributed by atoms with E-state index < -0.39 is 34.8 Å². The number of rotatable bonds is 5. The fourth-order valence-corrected chi connectivity index (χ4v) is 1.98. The van der Waals surface area contributed by atoms with Gasteiger partial charge in [0.1, 0.15) is 11.5 Å². The normalized spacial score (nSPS) is 10.4. The number of carbonyl (C=O) groups is 2.